The molecule has 5 nitrogen and oxygen atoms in total. The number of carboxylic acids is 1. The van der Waals surface area contributed by atoms with Gasteiger partial charge in [0.05, 0.1) is 0 Å². The van der Waals surface area contributed by atoms with Gasteiger partial charge in [-0.05, 0) is 12.1 Å². The molecule has 0 bridgehead atoms. The van der Waals surface area contributed by atoms with Gasteiger partial charge in [-0.1, -0.05) is 0 Å². The maximum absolute atomic E-state index is 10.4. The van der Waals surface area contributed by atoms with Crippen molar-refractivity contribution in [2.75, 3.05) is 5.01 Å². The van der Waals surface area contributed by atoms with Crippen molar-refractivity contribution in [1.29, 1.82) is 0 Å². The van der Waals surface area contributed by atoms with E-state index in [2.05, 4.69) is 0 Å². The van der Waals surface area contributed by atoms with Gasteiger partial charge in [0.1, 0.15) is 9.88 Å². The van der Waals surface area contributed by atoms with Crippen LogP contribution in [0.2, 0.25) is 0 Å². The summed E-state index contributed by atoms with van der Waals surface area (Å²) in [7, 11) is 0. The number of rotatable bonds is 3. The SMILES string of the molecule is NN(C=O)c1ccc(C(=O)O)s1. The molecule has 0 spiro atoms. The fourth-order valence-corrected chi connectivity index (χ4v) is 1.37. The Hall–Kier alpha value is -1.40. The van der Waals surface area contributed by atoms with Crippen LogP contribution in [0.5, 0.6) is 0 Å². The summed E-state index contributed by atoms with van der Waals surface area (Å²) in [4.78, 5) is 20.7. The number of aromatic carboxylic acids is 1. The standard InChI is InChI=1S/C6H6N2O3S/c7-8(3-9)5-2-1-4(12-5)6(10)11/h1-3H,7H2,(H,10,11). The minimum absolute atomic E-state index is 0.155. The Morgan fingerprint density at radius 1 is 1.67 bits per heavy atom. The molecule has 6 heteroatoms. The van der Waals surface area contributed by atoms with Gasteiger partial charge in [0.2, 0.25) is 6.41 Å². The highest BCUT2D eigenvalue weighted by Crippen LogP contribution is 2.22. The van der Waals surface area contributed by atoms with Crippen molar-refractivity contribution in [3.05, 3.63) is 17.0 Å². The molecule has 0 aliphatic carbocycles. The summed E-state index contributed by atoms with van der Waals surface area (Å²) in [6, 6.07) is 2.87. The van der Waals surface area contributed by atoms with Crippen molar-refractivity contribution in [3.8, 4) is 0 Å². The highest BCUT2D eigenvalue weighted by atomic mass is 32.1. The first kappa shape index (κ1) is 8.69. The quantitative estimate of drug-likeness (QED) is 0.307. The lowest BCUT2D eigenvalue weighted by atomic mass is 10.5. The van der Waals surface area contributed by atoms with Crippen molar-refractivity contribution < 1.29 is 14.7 Å². The molecule has 0 unspecified atom stereocenters. The highest BCUT2D eigenvalue weighted by Gasteiger charge is 2.08. The van der Waals surface area contributed by atoms with E-state index < -0.39 is 5.97 Å². The molecule has 0 aliphatic heterocycles. The number of thiophene rings is 1. The first-order valence-electron chi connectivity index (χ1n) is 2.97. The number of carboxylic acid groups (broad SMARTS) is 1. The van der Waals surface area contributed by atoms with Crippen LogP contribution in [0.1, 0.15) is 9.67 Å². The minimum atomic E-state index is -1.02. The van der Waals surface area contributed by atoms with E-state index in [1.54, 1.807) is 0 Å². The van der Waals surface area contributed by atoms with E-state index in [1.807, 2.05) is 0 Å². The van der Waals surface area contributed by atoms with Crippen LogP contribution in [-0.2, 0) is 4.79 Å². The van der Waals surface area contributed by atoms with E-state index in [-0.39, 0.29) is 4.88 Å². The number of nitrogens with zero attached hydrogens (tertiary/aromatic N) is 1. The molecule has 0 saturated heterocycles. The zero-order chi connectivity index (χ0) is 9.14. The third-order valence-corrected chi connectivity index (χ3v) is 2.26. The maximum Gasteiger partial charge on any atom is 0.345 e. The molecule has 0 fully saturated rings. The largest absolute Gasteiger partial charge is 0.477 e. The van der Waals surface area contributed by atoms with Gasteiger partial charge in [0.25, 0.3) is 0 Å². The lowest BCUT2D eigenvalue weighted by Crippen LogP contribution is -2.27. The van der Waals surface area contributed by atoms with Crippen molar-refractivity contribution in [2.24, 2.45) is 5.84 Å². The summed E-state index contributed by atoms with van der Waals surface area (Å²) in [5.74, 6) is 4.17. The molecule has 12 heavy (non-hydrogen) atoms. The van der Waals surface area contributed by atoms with Gasteiger partial charge < -0.3 is 5.11 Å². The second kappa shape index (κ2) is 3.33. The predicted octanol–water partition coefficient (Wildman–Crippen LogP) is 0.283. The van der Waals surface area contributed by atoms with Crippen molar-refractivity contribution in [2.45, 2.75) is 0 Å². The Morgan fingerprint density at radius 2 is 2.33 bits per heavy atom. The summed E-state index contributed by atoms with van der Waals surface area (Å²) in [5, 5.41) is 9.75. The Labute approximate surface area is 72.0 Å². The fraction of sp³-hybridized carbons (Fsp3) is 0. The Morgan fingerprint density at radius 3 is 2.75 bits per heavy atom. The van der Waals surface area contributed by atoms with E-state index in [1.165, 1.54) is 12.1 Å². The molecular formula is C6H6N2O3S. The fourth-order valence-electron chi connectivity index (χ4n) is 0.633. The lowest BCUT2D eigenvalue weighted by molar-refractivity contribution is -0.107. The Balaban J connectivity index is 2.91. The van der Waals surface area contributed by atoms with Crippen LogP contribution in [0.15, 0.2) is 12.1 Å². The molecule has 1 rings (SSSR count). The smallest absolute Gasteiger partial charge is 0.345 e. The van der Waals surface area contributed by atoms with Crippen molar-refractivity contribution >= 4 is 28.7 Å². The molecular weight excluding hydrogens is 180 g/mol. The third-order valence-electron chi connectivity index (χ3n) is 1.17. The third kappa shape index (κ3) is 1.60. The highest BCUT2D eigenvalue weighted by molar-refractivity contribution is 7.18. The van der Waals surface area contributed by atoms with Gasteiger partial charge in [0.15, 0.2) is 0 Å². The van der Waals surface area contributed by atoms with Crippen LogP contribution in [0, 0.1) is 0 Å². The second-order valence-corrected chi connectivity index (χ2v) is 3.02. The second-order valence-electron chi connectivity index (χ2n) is 1.96. The van der Waals surface area contributed by atoms with Crippen LogP contribution in [0.4, 0.5) is 5.00 Å². The van der Waals surface area contributed by atoms with Crippen LogP contribution < -0.4 is 10.9 Å². The van der Waals surface area contributed by atoms with Gasteiger partial charge in [-0.3, -0.25) is 4.79 Å². The number of nitrogens with two attached hydrogens (primary N) is 1. The Kier molecular flexibility index (Phi) is 2.41. The van der Waals surface area contributed by atoms with Crippen LogP contribution in [0.25, 0.3) is 0 Å². The van der Waals surface area contributed by atoms with Crippen molar-refractivity contribution in [3.63, 3.8) is 0 Å². The van der Waals surface area contributed by atoms with E-state index in [0.717, 1.165) is 16.3 Å². The van der Waals surface area contributed by atoms with Gasteiger partial charge >= 0.3 is 5.97 Å². The molecule has 0 saturated carbocycles. The van der Waals surface area contributed by atoms with E-state index in [4.69, 9.17) is 10.9 Å². The molecule has 1 amide bonds. The Bertz CT molecular complexity index is 309. The topological polar surface area (TPSA) is 83.6 Å². The van der Waals surface area contributed by atoms with Crippen LogP contribution in [0.3, 0.4) is 0 Å². The molecule has 1 aromatic rings. The predicted molar refractivity (Wildman–Crippen MR) is 44.0 cm³/mol. The van der Waals surface area contributed by atoms with Crippen LogP contribution in [-0.4, -0.2) is 17.5 Å². The van der Waals surface area contributed by atoms with Gasteiger partial charge in [-0.15, -0.1) is 11.3 Å². The summed E-state index contributed by atoms with van der Waals surface area (Å²) in [6.07, 6.45) is 0.414. The molecule has 0 aliphatic rings. The number of hydrogen-bond donors (Lipinski definition) is 2. The van der Waals surface area contributed by atoms with Crippen LogP contribution >= 0.6 is 11.3 Å². The zero-order valence-electron chi connectivity index (χ0n) is 5.93. The van der Waals surface area contributed by atoms with Gasteiger partial charge in [-0.25, -0.2) is 15.6 Å². The van der Waals surface area contributed by atoms with Crippen molar-refractivity contribution in [1.82, 2.24) is 0 Å². The van der Waals surface area contributed by atoms with E-state index >= 15 is 0 Å². The summed E-state index contributed by atoms with van der Waals surface area (Å²) < 4.78 is 0. The summed E-state index contributed by atoms with van der Waals surface area (Å²) in [6.45, 7) is 0. The zero-order valence-corrected chi connectivity index (χ0v) is 6.75. The van der Waals surface area contributed by atoms with Gasteiger partial charge in [-0.2, -0.15) is 0 Å². The molecule has 1 heterocycles. The number of anilines is 1. The normalized spacial score (nSPS) is 9.42. The first-order valence-corrected chi connectivity index (χ1v) is 3.79. The monoisotopic (exact) mass is 186 g/mol. The average molecular weight is 186 g/mol. The number of hydrogen-bond acceptors (Lipinski definition) is 4. The molecule has 0 radical (unpaired) electrons. The van der Waals surface area contributed by atoms with Gasteiger partial charge in [0, 0.05) is 0 Å². The lowest BCUT2D eigenvalue weighted by Gasteiger charge is -2.04. The number of amides is 1. The maximum atomic E-state index is 10.4. The number of hydrazine groups is 1. The summed E-state index contributed by atoms with van der Waals surface area (Å²) >= 11 is 0.944. The molecule has 1 aromatic heterocycles. The molecule has 0 atom stereocenters. The van der Waals surface area contributed by atoms with E-state index in [0.29, 0.717) is 11.4 Å². The molecule has 64 valence electrons. The molecule has 0 aromatic carbocycles. The first-order chi connectivity index (χ1) is 5.65. The average Bonchev–Trinajstić information content (AvgIpc) is 2.51. The summed E-state index contributed by atoms with van der Waals surface area (Å²) in [5.41, 5.74) is 0. The number of carbonyl (C=O) groups excluding carboxylic acids is 1. The molecule has 3 N–H and O–H groups in total. The number of carbonyl (C=O) groups is 2. The minimum Gasteiger partial charge on any atom is -0.477 e. The van der Waals surface area contributed by atoms with E-state index in [9.17, 15) is 9.59 Å².